The molecule has 0 aliphatic carbocycles. The van der Waals surface area contributed by atoms with Crippen molar-refractivity contribution in [2.45, 2.75) is 24.7 Å². The molecule has 3 aromatic rings. The predicted molar refractivity (Wildman–Crippen MR) is 139 cm³/mol. The van der Waals surface area contributed by atoms with E-state index in [1.807, 2.05) is 6.07 Å². The van der Waals surface area contributed by atoms with E-state index >= 15 is 0 Å². The van der Waals surface area contributed by atoms with Gasteiger partial charge in [0.25, 0.3) is 15.9 Å². The lowest BCUT2D eigenvalue weighted by Gasteiger charge is -2.19. The number of nitrogens with one attached hydrogen (secondary N) is 2. The zero-order valence-electron chi connectivity index (χ0n) is 19.0. The molecular formula is C25H27N3O4S2. The van der Waals surface area contributed by atoms with Gasteiger partial charge in [-0.15, -0.1) is 0 Å². The molecule has 0 aliphatic heterocycles. The normalized spacial score (nSPS) is 10.9. The maximum absolute atomic E-state index is 12.9. The Balaban J connectivity index is 1.60. The number of carbonyl (C=O) groups is 1. The standard InChI is InChI=1S/C25H27N3O4S2/c1-3-4-17-32-22-12-8-9-19(18-22)24(29)27-25(33)26-20-13-15-23(16-14-20)34(30,31)28(2)21-10-6-5-7-11-21/h5-16,18H,3-4,17H2,1-2H3,(H2,26,27,29,33). The van der Waals surface area contributed by atoms with Crippen molar-refractivity contribution in [1.82, 2.24) is 5.32 Å². The number of para-hydroxylation sites is 1. The van der Waals surface area contributed by atoms with Gasteiger partial charge in [0.2, 0.25) is 0 Å². The van der Waals surface area contributed by atoms with Crippen LogP contribution >= 0.6 is 12.2 Å². The Labute approximate surface area is 205 Å². The molecule has 9 heteroatoms. The zero-order valence-corrected chi connectivity index (χ0v) is 20.7. The first-order valence-corrected chi connectivity index (χ1v) is 12.7. The van der Waals surface area contributed by atoms with Crippen LogP contribution in [-0.4, -0.2) is 33.1 Å². The highest BCUT2D eigenvalue weighted by Crippen LogP contribution is 2.23. The van der Waals surface area contributed by atoms with Gasteiger partial charge in [0.05, 0.1) is 17.2 Å². The minimum absolute atomic E-state index is 0.0966. The average molecular weight is 498 g/mol. The summed E-state index contributed by atoms with van der Waals surface area (Å²) in [6, 6.07) is 21.9. The summed E-state index contributed by atoms with van der Waals surface area (Å²) in [7, 11) is -2.21. The SMILES string of the molecule is CCCCOc1cccc(C(=O)NC(=S)Nc2ccc(S(=O)(=O)N(C)c3ccccc3)cc2)c1. The molecule has 0 spiro atoms. The van der Waals surface area contributed by atoms with E-state index in [9.17, 15) is 13.2 Å². The highest BCUT2D eigenvalue weighted by molar-refractivity contribution is 7.92. The summed E-state index contributed by atoms with van der Waals surface area (Å²) < 4.78 is 32.6. The van der Waals surface area contributed by atoms with E-state index < -0.39 is 10.0 Å². The van der Waals surface area contributed by atoms with Gasteiger partial charge in [-0.3, -0.25) is 14.4 Å². The van der Waals surface area contributed by atoms with Gasteiger partial charge in [-0.2, -0.15) is 0 Å². The van der Waals surface area contributed by atoms with Crippen LogP contribution in [0.1, 0.15) is 30.1 Å². The zero-order chi connectivity index (χ0) is 24.6. The molecule has 3 rings (SSSR count). The fourth-order valence-corrected chi connectivity index (χ4v) is 4.45. The number of rotatable bonds is 9. The van der Waals surface area contributed by atoms with Gasteiger partial charge in [-0.05, 0) is 73.2 Å². The van der Waals surface area contributed by atoms with Crippen LogP contribution in [0, 0.1) is 0 Å². The van der Waals surface area contributed by atoms with E-state index in [4.69, 9.17) is 17.0 Å². The Bertz CT molecular complexity index is 1230. The van der Waals surface area contributed by atoms with Crippen LogP contribution in [0.2, 0.25) is 0 Å². The van der Waals surface area contributed by atoms with Crippen LogP contribution in [0.3, 0.4) is 0 Å². The van der Waals surface area contributed by atoms with Crippen molar-refractivity contribution in [3.63, 3.8) is 0 Å². The minimum atomic E-state index is -3.71. The molecule has 0 radical (unpaired) electrons. The summed E-state index contributed by atoms with van der Waals surface area (Å²) in [5, 5.41) is 5.62. The first-order valence-electron chi connectivity index (χ1n) is 10.8. The summed E-state index contributed by atoms with van der Waals surface area (Å²) >= 11 is 5.24. The monoisotopic (exact) mass is 497 g/mol. The molecule has 0 saturated carbocycles. The van der Waals surface area contributed by atoms with E-state index in [0.717, 1.165) is 12.8 Å². The summed E-state index contributed by atoms with van der Waals surface area (Å²) in [5.41, 5.74) is 1.53. The van der Waals surface area contributed by atoms with Gasteiger partial charge in [0, 0.05) is 18.3 Å². The highest BCUT2D eigenvalue weighted by Gasteiger charge is 2.21. The number of sulfonamides is 1. The van der Waals surface area contributed by atoms with Crippen LogP contribution in [-0.2, 0) is 10.0 Å². The predicted octanol–water partition coefficient (Wildman–Crippen LogP) is 4.82. The topological polar surface area (TPSA) is 87.7 Å². The lowest BCUT2D eigenvalue weighted by atomic mass is 10.2. The second-order valence-electron chi connectivity index (χ2n) is 7.47. The van der Waals surface area contributed by atoms with Crippen molar-refractivity contribution in [1.29, 1.82) is 0 Å². The molecule has 178 valence electrons. The van der Waals surface area contributed by atoms with Crippen LogP contribution < -0.4 is 19.7 Å². The van der Waals surface area contributed by atoms with Gasteiger partial charge in [0.15, 0.2) is 5.11 Å². The molecule has 7 nitrogen and oxygen atoms in total. The lowest BCUT2D eigenvalue weighted by Crippen LogP contribution is -2.34. The van der Waals surface area contributed by atoms with Crippen molar-refractivity contribution < 1.29 is 17.9 Å². The number of hydrogen-bond acceptors (Lipinski definition) is 5. The number of benzene rings is 3. The van der Waals surface area contributed by atoms with E-state index in [1.54, 1.807) is 60.7 Å². The quantitative estimate of drug-likeness (QED) is 0.326. The molecule has 0 saturated heterocycles. The smallest absolute Gasteiger partial charge is 0.264 e. The van der Waals surface area contributed by atoms with Crippen LogP contribution in [0.5, 0.6) is 5.75 Å². The third-order valence-electron chi connectivity index (χ3n) is 4.98. The summed E-state index contributed by atoms with van der Waals surface area (Å²) in [6.07, 6.45) is 1.96. The first kappa shape index (κ1) is 25.2. The molecule has 3 aromatic carbocycles. The average Bonchev–Trinajstić information content (AvgIpc) is 2.84. The molecule has 0 atom stereocenters. The Kier molecular flexibility index (Phi) is 8.61. The molecule has 0 aliphatic rings. The van der Waals surface area contributed by atoms with Gasteiger partial charge in [-0.25, -0.2) is 8.42 Å². The van der Waals surface area contributed by atoms with Crippen molar-refractivity contribution in [3.05, 3.63) is 84.4 Å². The van der Waals surface area contributed by atoms with Gasteiger partial charge < -0.3 is 10.1 Å². The van der Waals surface area contributed by atoms with E-state index in [2.05, 4.69) is 17.6 Å². The molecule has 0 unspecified atom stereocenters. The minimum Gasteiger partial charge on any atom is -0.494 e. The van der Waals surface area contributed by atoms with Crippen LogP contribution in [0.15, 0.2) is 83.8 Å². The molecular weight excluding hydrogens is 470 g/mol. The fraction of sp³-hybridized carbons (Fsp3) is 0.200. The maximum atomic E-state index is 12.9. The number of ether oxygens (including phenoxy) is 1. The highest BCUT2D eigenvalue weighted by atomic mass is 32.2. The number of anilines is 2. The molecule has 2 N–H and O–H groups in total. The van der Waals surface area contributed by atoms with Gasteiger partial charge >= 0.3 is 0 Å². The Morgan fingerprint density at radius 2 is 1.71 bits per heavy atom. The van der Waals surface area contributed by atoms with E-state index in [-0.39, 0.29) is 15.9 Å². The third-order valence-corrected chi connectivity index (χ3v) is 6.98. The molecule has 0 bridgehead atoms. The number of nitrogens with zero attached hydrogens (tertiary/aromatic N) is 1. The summed E-state index contributed by atoms with van der Waals surface area (Å²) in [4.78, 5) is 12.7. The third kappa shape index (κ3) is 6.55. The molecule has 1 amide bonds. The van der Waals surface area contributed by atoms with Crippen LogP contribution in [0.4, 0.5) is 11.4 Å². The largest absolute Gasteiger partial charge is 0.494 e. The molecule has 0 fully saturated rings. The van der Waals surface area contributed by atoms with E-state index in [0.29, 0.717) is 29.3 Å². The number of thiocarbonyl (C=S) groups is 1. The Morgan fingerprint density at radius 3 is 2.38 bits per heavy atom. The second-order valence-corrected chi connectivity index (χ2v) is 9.85. The Hall–Kier alpha value is -3.43. The van der Waals surface area contributed by atoms with Gasteiger partial charge in [0.1, 0.15) is 5.75 Å². The number of carbonyl (C=O) groups excluding carboxylic acids is 1. The van der Waals surface area contributed by atoms with Crippen molar-refractivity contribution in [2.24, 2.45) is 0 Å². The van der Waals surface area contributed by atoms with Crippen molar-refractivity contribution >= 4 is 44.6 Å². The number of unbranched alkanes of at least 4 members (excludes halogenated alkanes) is 1. The number of amides is 1. The maximum Gasteiger partial charge on any atom is 0.264 e. The summed E-state index contributed by atoms with van der Waals surface area (Å²) in [5.74, 6) is 0.249. The summed E-state index contributed by atoms with van der Waals surface area (Å²) in [6.45, 7) is 2.67. The molecule has 34 heavy (non-hydrogen) atoms. The second kappa shape index (κ2) is 11.6. The lowest BCUT2D eigenvalue weighted by molar-refractivity contribution is 0.0977. The van der Waals surface area contributed by atoms with E-state index in [1.165, 1.54) is 23.5 Å². The van der Waals surface area contributed by atoms with Crippen molar-refractivity contribution in [3.8, 4) is 5.75 Å². The first-order chi connectivity index (χ1) is 16.3. The molecule has 0 heterocycles. The fourth-order valence-electron chi connectivity index (χ4n) is 3.04. The number of hydrogen-bond donors (Lipinski definition) is 2. The van der Waals surface area contributed by atoms with Crippen LogP contribution in [0.25, 0.3) is 0 Å². The molecule has 0 aromatic heterocycles. The van der Waals surface area contributed by atoms with Gasteiger partial charge in [-0.1, -0.05) is 37.6 Å². The Morgan fingerprint density at radius 1 is 1.00 bits per heavy atom. The van der Waals surface area contributed by atoms with Crippen molar-refractivity contribution in [2.75, 3.05) is 23.3 Å².